The number of carbonyl (C=O) groups is 1. The first-order valence-electron chi connectivity index (χ1n) is 6.63. The number of methoxy groups -OCH3 is 2. The Labute approximate surface area is 144 Å². The number of ether oxygens (including phenoxy) is 3. The van der Waals surface area contributed by atoms with E-state index in [1.54, 1.807) is 36.4 Å². The van der Waals surface area contributed by atoms with E-state index in [9.17, 15) is 4.79 Å². The summed E-state index contributed by atoms with van der Waals surface area (Å²) in [6.45, 7) is -0.222. The molecule has 0 atom stereocenters. The molecule has 0 aliphatic carbocycles. The first-order chi connectivity index (χ1) is 11.0. The highest BCUT2D eigenvalue weighted by Crippen LogP contribution is 2.30. The molecule has 0 unspecified atom stereocenters. The van der Waals surface area contributed by atoms with Crippen LogP contribution < -0.4 is 19.5 Å². The van der Waals surface area contributed by atoms with Gasteiger partial charge in [-0.1, -0.05) is 23.2 Å². The van der Waals surface area contributed by atoms with Gasteiger partial charge in [0.1, 0.15) is 17.2 Å². The van der Waals surface area contributed by atoms with Crippen molar-refractivity contribution < 1.29 is 19.0 Å². The molecule has 0 bridgehead atoms. The topological polar surface area (TPSA) is 56.8 Å². The third-order valence-corrected chi connectivity index (χ3v) is 3.48. The van der Waals surface area contributed by atoms with Crippen molar-refractivity contribution in [2.24, 2.45) is 0 Å². The van der Waals surface area contributed by atoms with Crippen LogP contribution in [0.15, 0.2) is 36.4 Å². The normalized spacial score (nSPS) is 10.1. The molecule has 0 saturated heterocycles. The van der Waals surface area contributed by atoms with Crippen LogP contribution in [0.3, 0.4) is 0 Å². The Morgan fingerprint density at radius 3 is 2.52 bits per heavy atom. The smallest absolute Gasteiger partial charge is 0.262 e. The molecule has 0 radical (unpaired) electrons. The number of amides is 1. The Morgan fingerprint density at radius 2 is 1.83 bits per heavy atom. The van der Waals surface area contributed by atoms with Crippen LogP contribution in [0.25, 0.3) is 0 Å². The molecule has 0 aliphatic heterocycles. The lowest BCUT2D eigenvalue weighted by atomic mass is 10.2. The predicted molar refractivity (Wildman–Crippen MR) is 90.1 cm³/mol. The van der Waals surface area contributed by atoms with Gasteiger partial charge in [0.2, 0.25) is 0 Å². The molecule has 0 heterocycles. The van der Waals surface area contributed by atoms with Crippen LogP contribution >= 0.6 is 23.2 Å². The molecule has 0 aromatic heterocycles. The number of rotatable bonds is 6. The molecule has 2 rings (SSSR count). The zero-order valence-electron chi connectivity index (χ0n) is 12.6. The van der Waals surface area contributed by atoms with E-state index >= 15 is 0 Å². The lowest BCUT2D eigenvalue weighted by Gasteiger charge is -2.12. The average Bonchev–Trinajstić information content (AvgIpc) is 2.55. The Bertz CT molecular complexity index is 706. The molecule has 2 aromatic rings. The van der Waals surface area contributed by atoms with E-state index in [-0.39, 0.29) is 12.5 Å². The highest BCUT2D eigenvalue weighted by Gasteiger charge is 2.11. The van der Waals surface area contributed by atoms with Gasteiger partial charge in [-0.05, 0) is 24.3 Å². The summed E-state index contributed by atoms with van der Waals surface area (Å²) in [6, 6.07) is 9.87. The predicted octanol–water partition coefficient (Wildman–Crippen LogP) is 4.03. The van der Waals surface area contributed by atoms with Crippen LogP contribution in [-0.2, 0) is 4.79 Å². The van der Waals surface area contributed by atoms with Crippen molar-refractivity contribution in [3.05, 3.63) is 46.4 Å². The maximum Gasteiger partial charge on any atom is 0.262 e. The summed E-state index contributed by atoms with van der Waals surface area (Å²) in [4.78, 5) is 12.0. The number of benzene rings is 2. The zero-order chi connectivity index (χ0) is 16.8. The molecular formula is C16H15Cl2NO4. The van der Waals surface area contributed by atoms with Gasteiger partial charge in [-0.15, -0.1) is 0 Å². The molecular weight excluding hydrogens is 341 g/mol. The molecule has 23 heavy (non-hydrogen) atoms. The van der Waals surface area contributed by atoms with Gasteiger partial charge in [0.05, 0.1) is 24.9 Å². The fourth-order valence-electron chi connectivity index (χ4n) is 1.83. The van der Waals surface area contributed by atoms with Crippen LogP contribution in [0.1, 0.15) is 0 Å². The van der Waals surface area contributed by atoms with Crippen molar-refractivity contribution in [1.82, 2.24) is 0 Å². The molecule has 7 heteroatoms. The summed E-state index contributed by atoms with van der Waals surface area (Å²) in [6.07, 6.45) is 0. The van der Waals surface area contributed by atoms with Crippen LogP contribution in [0, 0.1) is 0 Å². The Hall–Kier alpha value is -2.11. The van der Waals surface area contributed by atoms with Gasteiger partial charge in [0.15, 0.2) is 6.61 Å². The first-order valence-corrected chi connectivity index (χ1v) is 7.39. The standard InChI is InChI=1S/C16H15Cl2NO4/c1-21-11-4-6-14(22-2)13(8-11)19-16(20)9-23-15-7-10(17)3-5-12(15)18/h3-8H,9H2,1-2H3,(H,19,20). The number of nitrogens with one attached hydrogen (secondary N) is 1. The van der Waals surface area contributed by atoms with Crippen molar-refractivity contribution in [3.8, 4) is 17.2 Å². The van der Waals surface area contributed by atoms with E-state index in [2.05, 4.69) is 5.32 Å². The third kappa shape index (κ3) is 4.68. The second kappa shape index (κ2) is 7.94. The lowest BCUT2D eigenvalue weighted by Crippen LogP contribution is -2.20. The Balaban J connectivity index is 2.03. The molecule has 122 valence electrons. The minimum atomic E-state index is -0.368. The van der Waals surface area contributed by atoms with Gasteiger partial charge in [-0.25, -0.2) is 0 Å². The minimum Gasteiger partial charge on any atom is -0.497 e. The summed E-state index contributed by atoms with van der Waals surface area (Å²) in [7, 11) is 3.05. The van der Waals surface area contributed by atoms with E-state index in [4.69, 9.17) is 37.4 Å². The third-order valence-electron chi connectivity index (χ3n) is 2.93. The monoisotopic (exact) mass is 355 g/mol. The lowest BCUT2D eigenvalue weighted by molar-refractivity contribution is -0.118. The summed E-state index contributed by atoms with van der Waals surface area (Å²) in [5, 5.41) is 3.54. The maximum atomic E-state index is 12.0. The van der Waals surface area contributed by atoms with Crippen molar-refractivity contribution in [2.45, 2.75) is 0 Å². The number of carbonyl (C=O) groups excluding carboxylic acids is 1. The van der Waals surface area contributed by atoms with Crippen molar-refractivity contribution in [2.75, 3.05) is 26.1 Å². The Kier molecular flexibility index (Phi) is 5.96. The SMILES string of the molecule is COc1ccc(OC)c(NC(=O)COc2cc(Cl)ccc2Cl)c1. The number of hydrogen-bond acceptors (Lipinski definition) is 4. The van der Waals surface area contributed by atoms with Gasteiger partial charge in [-0.2, -0.15) is 0 Å². The fourth-order valence-corrected chi connectivity index (χ4v) is 2.16. The highest BCUT2D eigenvalue weighted by atomic mass is 35.5. The van der Waals surface area contributed by atoms with E-state index in [1.165, 1.54) is 14.2 Å². The summed E-state index contributed by atoms with van der Waals surface area (Å²) in [5.41, 5.74) is 0.484. The molecule has 0 fully saturated rings. The van der Waals surface area contributed by atoms with Gasteiger partial charge in [0, 0.05) is 17.2 Å². The van der Waals surface area contributed by atoms with Gasteiger partial charge < -0.3 is 19.5 Å². The maximum absolute atomic E-state index is 12.0. The molecule has 1 amide bonds. The molecule has 5 nitrogen and oxygen atoms in total. The Morgan fingerprint density at radius 1 is 1.04 bits per heavy atom. The van der Waals surface area contributed by atoms with E-state index in [0.717, 1.165) is 0 Å². The minimum absolute atomic E-state index is 0.222. The van der Waals surface area contributed by atoms with Gasteiger partial charge in [-0.3, -0.25) is 4.79 Å². The van der Waals surface area contributed by atoms with Crippen LogP contribution in [0.5, 0.6) is 17.2 Å². The van der Waals surface area contributed by atoms with E-state index in [1.807, 2.05) is 0 Å². The van der Waals surface area contributed by atoms with Gasteiger partial charge in [0.25, 0.3) is 5.91 Å². The van der Waals surface area contributed by atoms with Gasteiger partial charge >= 0.3 is 0 Å². The molecule has 0 aliphatic rings. The molecule has 0 saturated carbocycles. The highest BCUT2D eigenvalue weighted by molar-refractivity contribution is 6.34. The van der Waals surface area contributed by atoms with E-state index < -0.39 is 0 Å². The fraction of sp³-hybridized carbons (Fsp3) is 0.188. The van der Waals surface area contributed by atoms with Crippen LogP contribution in [0.4, 0.5) is 5.69 Å². The van der Waals surface area contributed by atoms with E-state index in [0.29, 0.717) is 33.0 Å². The van der Waals surface area contributed by atoms with Crippen molar-refractivity contribution >= 4 is 34.8 Å². The zero-order valence-corrected chi connectivity index (χ0v) is 14.1. The second-order valence-electron chi connectivity index (χ2n) is 4.48. The first kappa shape index (κ1) is 17.2. The number of hydrogen-bond donors (Lipinski definition) is 1. The molecule has 1 N–H and O–H groups in total. The second-order valence-corrected chi connectivity index (χ2v) is 5.32. The summed E-state index contributed by atoms with van der Waals surface area (Å²) >= 11 is 11.8. The van der Waals surface area contributed by atoms with Crippen LogP contribution in [-0.4, -0.2) is 26.7 Å². The number of halogens is 2. The molecule has 0 spiro atoms. The van der Waals surface area contributed by atoms with Crippen LogP contribution in [0.2, 0.25) is 10.0 Å². The molecule has 2 aromatic carbocycles. The largest absolute Gasteiger partial charge is 0.497 e. The quantitative estimate of drug-likeness (QED) is 0.849. The van der Waals surface area contributed by atoms with Crippen molar-refractivity contribution in [3.63, 3.8) is 0 Å². The number of anilines is 1. The summed E-state index contributed by atoms with van der Waals surface area (Å²) in [5.74, 6) is 1.08. The average molecular weight is 356 g/mol. The summed E-state index contributed by atoms with van der Waals surface area (Å²) < 4.78 is 15.7. The van der Waals surface area contributed by atoms with Crippen molar-refractivity contribution in [1.29, 1.82) is 0 Å².